The number of carbonyl (C=O) groups is 2. The van der Waals surface area contributed by atoms with Crippen molar-refractivity contribution in [3.63, 3.8) is 0 Å². The van der Waals surface area contributed by atoms with Gasteiger partial charge in [0.05, 0.1) is 5.75 Å². The number of thioether (sulfide) groups is 1. The van der Waals surface area contributed by atoms with Crippen LogP contribution >= 0.6 is 23.1 Å². The highest BCUT2D eigenvalue weighted by Gasteiger charge is 2.18. The first-order valence-corrected chi connectivity index (χ1v) is 12.7. The molecule has 0 bridgehead atoms. The van der Waals surface area contributed by atoms with Gasteiger partial charge in [-0.25, -0.2) is 9.97 Å². The number of benzene rings is 1. The summed E-state index contributed by atoms with van der Waals surface area (Å²) in [6.07, 6.45) is 3.37. The number of nitrogens with one attached hydrogen (secondary N) is 1. The van der Waals surface area contributed by atoms with Crippen molar-refractivity contribution in [1.82, 2.24) is 20.2 Å². The van der Waals surface area contributed by atoms with Crippen LogP contribution in [0.15, 0.2) is 29.3 Å². The van der Waals surface area contributed by atoms with Gasteiger partial charge < -0.3 is 10.2 Å². The van der Waals surface area contributed by atoms with E-state index in [0.29, 0.717) is 17.9 Å². The van der Waals surface area contributed by atoms with Crippen LogP contribution in [0.25, 0.3) is 10.2 Å². The molecular formula is C24H28N4O2S2. The quantitative estimate of drug-likeness (QED) is 0.421. The van der Waals surface area contributed by atoms with Crippen LogP contribution in [-0.4, -0.2) is 45.5 Å². The van der Waals surface area contributed by atoms with Crippen molar-refractivity contribution in [1.29, 1.82) is 0 Å². The fraction of sp³-hybridized carbons (Fsp3) is 0.417. The van der Waals surface area contributed by atoms with Gasteiger partial charge in [0.15, 0.2) is 0 Å². The Balaban J connectivity index is 1.32. The molecule has 6 nitrogen and oxygen atoms in total. The Labute approximate surface area is 196 Å². The van der Waals surface area contributed by atoms with Crippen LogP contribution in [0, 0.1) is 20.8 Å². The smallest absolute Gasteiger partial charge is 0.253 e. The van der Waals surface area contributed by atoms with Gasteiger partial charge in [-0.2, -0.15) is 0 Å². The predicted molar refractivity (Wildman–Crippen MR) is 130 cm³/mol. The van der Waals surface area contributed by atoms with Gasteiger partial charge in [0.1, 0.15) is 15.7 Å². The average Bonchev–Trinajstić information content (AvgIpc) is 3.09. The Hall–Kier alpha value is -2.45. The van der Waals surface area contributed by atoms with E-state index >= 15 is 0 Å². The van der Waals surface area contributed by atoms with Gasteiger partial charge in [-0.05, 0) is 63.3 Å². The minimum Gasteiger partial charge on any atom is -0.351 e. The molecule has 0 radical (unpaired) electrons. The van der Waals surface area contributed by atoms with Crippen molar-refractivity contribution in [2.75, 3.05) is 18.8 Å². The van der Waals surface area contributed by atoms with Crippen molar-refractivity contribution in [2.45, 2.75) is 51.6 Å². The number of aromatic nitrogens is 2. The second kappa shape index (κ2) is 10.0. The molecule has 3 aromatic rings. The molecule has 3 heterocycles. The highest BCUT2D eigenvalue weighted by Crippen LogP contribution is 2.35. The molecule has 0 aliphatic carbocycles. The van der Waals surface area contributed by atoms with Crippen LogP contribution in [0.2, 0.25) is 0 Å². The van der Waals surface area contributed by atoms with Crippen LogP contribution in [0.4, 0.5) is 0 Å². The Morgan fingerprint density at radius 2 is 1.78 bits per heavy atom. The molecule has 0 saturated carbocycles. The van der Waals surface area contributed by atoms with Crippen molar-refractivity contribution >= 4 is 45.1 Å². The number of piperidine rings is 1. The number of aryl methyl sites for hydroxylation is 3. The molecule has 0 atom stereocenters. The van der Waals surface area contributed by atoms with Crippen LogP contribution in [0.3, 0.4) is 0 Å². The maximum Gasteiger partial charge on any atom is 0.253 e. The number of hydrogen-bond acceptors (Lipinski definition) is 6. The third kappa shape index (κ3) is 5.13. The van der Waals surface area contributed by atoms with E-state index in [1.165, 1.54) is 28.6 Å². The minimum atomic E-state index is -0.0440. The molecule has 168 valence electrons. The van der Waals surface area contributed by atoms with Gasteiger partial charge in [-0.3, -0.25) is 9.59 Å². The average molecular weight is 469 g/mol. The van der Waals surface area contributed by atoms with Crippen molar-refractivity contribution in [3.8, 4) is 0 Å². The lowest BCUT2D eigenvalue weighted by Gasteiger charge is -2.26. The van der Waals surface area contributed by atoms with E-state index in [1.54, 1.807) is 11.3 Å². The third-order valence-electron chi connectivity index (χ3n) is 5.78. The first-order chi connectivity index (χ1) is 15.4. The number of thiophene rings is 1. The first kappa shape index (κ1) is 22.7. The topological polar surface area (TPSA) is 75.2 Å². The molecule has 2 aromatic heterocycles. The third-order valence-corrected chi connectivity index (χ3v) is 7.86. The van der Waals surface area contributed by atoms with E-state index in [0.717, 1.165) is 52.6 Å². The van der Waals surface area contributed by atoms with Gasteiger partial charge in [-0.15, -0.1) is 11.3 Å². The second-order valence-electron chi connectivity index (χ2n) is 8.15. The zero-order valence-corrected chi connectivity index (χ0v) is 20.4. The number of nitrogens with zero attached hydrogens (tertiary/aromatic N) is 3. The largest absolute Gasteiger partial charge is 0.351 e. The molecule has 0 spiro atoms. The Bertz CT molecular complexity index is 1140. The molecule has 8 heteroatoms. The van der Waals surface area contributed by atoms with E-state index in [-0.39, 0.29) is 11.8 Å². The fourth-order valence-electron chi connectivity index (χ4n) is 3.85. The normalized spacial score (nSPS) is 14.0. The summed E-state index contributed by atoms with van der Waals surface area (Å²) in [7, 11) is 0. The minimum absolute atomic E-state index is 0.0440. The van der Waals surface area contributed by atoms with Crippen LogP contribution in [0.5, 0.6) is 0 Å². The Kier molecular flexibility index (Phi) is 7.10. The summed E-state index contributed by atoms with van der Waals surface area (Å²) in [6, 6.07) is 7.54. The molecule has 1 N–H and O–H groups in total. The number of carbonyl (C=O) groups excluding carboxylic acids is 2. The summed E-state index contributed by atoms with van der Waals surface area (Å²) in [6.45, 7) is 8.17. The van der Waals surface area contributed by atoms with Gasteiger partial charge in [-0.1, -0.05) is 23.9 Å². The molecule has 0 unspecified atom stereocenters. The summed E-state index contributed by atoms with van der Waals surface area (Å²) in [4.78, 5) is 38.3. The van der Waals surface area contributed by atoms with Crippen molar-refractivity contribution in [3.05, 3.63) is 51.7 Å². The molecule has 1 aliphatic rings. The molecule has 1 aliphatic heterocycles. The summed E-state index contributed by atoms with van der Waals surface area (Å²) >= 11 is 3.12. The van der Waals surface area contributed by atoms with Gasteiger partial charge >= 0.3 is 0 Å². The van der Waals surface area contributed by atoms with Crippen LogP contribution < -0.4 is 5.32 Å². The highest BCUT2D eigenvalue weighted by molar-refractivity contribution is 8.00. The number of amides is 2. The molecular weight excluding hydrogens is 440 g/mol. The van der Waals surface area contributed by atoms with Gasteiger partial charge in [0.2, 0.25) is 5.91 Å². The van der Waals surface area contributed by atoms with E-state index in [1.807, 2.05) is 36.1 Å². The lowest BCUT2D eigenvalue weighted by molar-refractivity contribution is -0.118. The van der Waals surface area contributed by atoms with Gasteiger partial charge in [0.25, 0.3) is 5.91 Å². The van der Waals surface area contributed by atoms with E-state index in [4.69, 9.17) is 0 Å². The molecule has 1 saturated heterocycles. The standard InChI is InChI=1S/C24H28N4O2S2/c1-15-16(2)32-23-21(15)22(26-17(3)27-23)31-14-20(29)25-13-18-7-9-19(10-8-18)24(30)28-11-5-4-6-12-28/h7-10H,4-6,11-14H2,1-3H3,(H,25,29). The SMILES string of the molecule is Cc1nc(SCC(=O)NCc2ccc(C(=O)N3CCCCC3)cc2)c2c(C)c(C)sc2n1. The molecule has 2 amide bonds. The van der Waals surface area contributed by atoms with E-state index < -0.39 is 0 Å². The maximum absolute atomic E-state index is 12.6. The highest BCUT2D eigenvalue weighted by atomic mass is 32.2. The number of likely N-dealkylation sites (tertiary alicyclic amines) is 1. The van der Waals surface area contributed by atoms with Crippen LogP contribution in [-0.2, 0) is 11.3 Å². The molecule has 1 fully saturated rings. The zero-order chi connectivity index (χ0) is 22.7. The number of hydrogen-bond donors (Lipinski definition) is 1. The van der Waals surface area contributed by atoms with Crippen molar-refractivity contribution < 1.29 is 9.59 Å². The molecule has 1 aromatic carbocycles. The summed E-state index contributed by atoms with van der Waals surface area (Å²) < 4.78 is 0. The van der Waals surface area contributed by atoms with Gasteiger partial charge in [0, 0.05) is 35.5 Å². The van der Waals surface area contributed by atoms with E-state index in [9.17, 15) is 9.59 Å². The maximum atomic E-state index is 12.6. The lowest BCUT2D eigenvalue weighted by Crippen LogP contribution is -2.35. The summed E-state index contributed by atoms with van der Waals surface area (Å²) in [5.74, 6) is 1.08. The summed E-state index contributed by atoms with van der Waals surface area (Å²) in [5, 5.41) is 4.89. The first-order valence-electron chi connectivity index (χ1n) is 10.9. The zero-order valence-electron chi connectivity index (χ0n) is 18.7. The van der Waals surface area contributed by atoms with Crippen molar-refractivity contribution in [2.24, 2.45) is 0 Å². The lowest BCUT2D eigenvalue weighted by atomic mass is 10.1. The summed E-state index contributed by atoms with van der Waals surface area (Å²) in [5.41, 5.74) is 2.87. The Morgan fingerprint density at radius 3 is 2.50 bits per heavy atom. The Morgan fingerprint density at radius 1 is 1.06 bits per heavy atom. The molecule has 4 rings (SSSR count). The number of rotatable bonds is 6. The van der Waals surface area contributed by atoms with E-state index in [2.05, 4.69) is 29.1 Å². The predicted octanol–water partition coefficient (Wildman–Crippen LogP) is 4.65. The molecule has 32 heavy (non-hydrogen) atoms. The van der Waals surface area contributed by atoms with Crippen LogP contribution in [0.1, 0.15) is 51.4 Å². The fourth-order valence-corrected chi connectivity index (χ4v) is 5.95. The second-order valence-corrected chi connectivity index (χ2v) is 10.3. The number of fused-ring (bicyclic) bond motifs is 1. The monoisotopic (exact) mass is 468 g/mol.